The molecular formula is C30H29N3O3. The molecule has 1 heterocycles. The summed E-state index contributed by atoms with van der Waals surface area (Å²) >= 11 is 0. The van der Waals surface area contributed by atoms with Crippen LogP contribution in [0, 0.1) is 0 Å². The lowest BCUT2D eigenvalue weighted by atomic mass is 10.0. The van der Waals surface area contributed by atoms with E-state index in [1.165, 1.54) is 0 Å². The molecule has 0 aliphatic carbocycles. The molecule has 0 radical (unpaired) electrons. The Balaban J connectivity index is 1.66. The average molecular weight is 480 g/mol. The molecule has 0 aliphatic heterocycles. The standard InChI is InChI=1S/C30H29N3O3/c1-36-27-17-15-24(16-18-27)22-33(28(34)20-23-10-4-2-5-11-23)29(25-12-6-3-7-13-25)30(35)32-21-26-14-8-9-19-31-26/h2-19,29H,20-22H2,1H3,(H,32,35)/t29-/m0/s1. The Morgan fingerprint density at radius 3 is 2.14 bits per heavy atom. The van der Waals surface area contributed by atoms with Crippen molar-refractivity contribution < 1.29 is 14.3 Å². The van der Waals surface area contributed by atoms with Gasteiger partial charge in [-0.2, -0.15) is 0 Å². The average Bonchev–Trinajstić information content (AvgIpc) is 2.93. The second-order valence-electron chi connectivity index (χ2n) is 8.38. The molecule has 0 unspecified atom stereocenters. The Morgan fingerprint density at radius 2 is 1.50 bits per heavy atom. The van der Waals surface area contributed by atoms with Gasteiger partial charge in [-0.1, -0.05) is 78.9 Å². The summed E-state index contributed by atoms with van der Waals surface area (Å²) in [4.78, 5) is 33.3. The zero-order valence-corrected chi connectivity index (χ0v) is 20.2. The van der Waals surface area contributed by atoms with Gasteiger partial charge in [0.15, 0.2) is 0 Å². The highest BCUT2D eigenvalue weighted by Crippen LogP contribution is 2.26. The number of aromatic nitrogens is 1. The Bertz CT molecular complexity index is 1250. The van der Waals surface area contributed by atoms with Crippen LogP contribution in [0.3, 0.4) is 0 Å². The van der Waals surface area contributed by atoms with Crippen LogP contribution in [0.15, 0.2) is 109 Å². The van der Waals surface area contributed by atoms with E-state index in [2.05, 4.69) is 10.3 Å². The minimum atomic E-state index is -0.812. The van der Waals surface area contributed by atoms with Crippen molar-refractivity contribution in [1.82, 2.24) is 15.2 Å². The van der Waals surface area contributed by atoms with Gasteiger partial charge in [0, 0.05) is 12.7 Å². The third kappa shape index (κ3) is 6.57. The summed E-state index contributed by atoms with van der Waals surface area (Å²) in [6.45, 7) is 0.540. The van der Waals surface area contributed by atoms with E-state index in [0.717, 1.165) is 28.1 Å². The molecule has 1 aromatic heterocycles. The van der Waals surface area contributed by atoms with E-state index in [1.54, 1.807) is 18.2 Å². The van der Waals surface area contributed by atoms with E-state index in [-0.39, 0.29) is 31.3 Å². The van der Waals surface area contributed by atoms with Crippen molar-refractivity contribution in [1.29, 1.82) is 0 Å². The van der Waals surface area contributed by atoms with E-state index in [1.807, 2.05) is 103 Å². The normalized spacial score (nSPS) is 11.4. The van der Waals surface area contributed by atoms with E-state index < -0.39 is 6.04 Å². The van der Waals surface area contributed by atoms with Crippen molar-refractivity contribution in [2.45, 2.75) is 25.6 Å². The molecule has 182 valence electrons. The zero-order valence-electron chi connectivity index (χ0n) is 20.2. The predicted molar refractivity (Wildman–Crippen MR) is 139 cm³/mol. The number of nitrogens with one attached hydrogen (secondary N) is 1. The van der Waals surface area contributed by atoms with Crippen LogP contribution in [0.2, 0.25) is 0 Å². The monoisotopic (exact) mass is 479 g/mol. The molecule has 1 atom stereocenters. The summed E-state index contributed by atoms with van der Waals surface area (Å²) in [5, 5.41) is 2.99. The number of ether oxygens (including phenoxy) is 1. The van der Waals surface area contributed by atoms with E-state index in [0.29, 0.717) is 0 Å². The van der Waals surface area contributed by atoms with E-state index in [9.17, 15) is 9.59 Å². The van der Waals surface area contributed by atoms with Gasteiger partial charge in [-0.15, -0.1) is 0 Å². The molecule has 4 rings (SSSR count). The number of carbonyl (C=O) groups is 2. The topological polar surface area (TPSA) is 71.5 Å². The third-order valence-electron chi connectivity index (χ3n) is 5.88. The molecule has 36 heavy (non-hydrogen) atoms. The zero-order chi connectivity index (χ0) is 25.2. The SMILES string of the molecule is COc1ccc(CN(C(=O)Cc2ccccc2)[C@H](C(=O)NCc2ccccn2)c2ccccc2)cc1. The number of carbonyl (C=O) groups excluding carboxylic acids is 2. The smallest absolute Gasteiger partial charge is 0.247 e. The van der Waals surface area contributed by atoms with Crippen LogP contribution in [0.5, 0.6) is 5.75 Å². The number of nitrogens with zero attached hydrogens (tertiary/aromatic N) is 2. The molecule has 0 bridgehead atoms. The first kappa shape index (κ1) is 24.7. The fraction of sp³-hybridized carbons (Fsp3) is 0.167. The number of pyridine rings is 1. The molecule has 0 aliphatic rings. The largest absolute Gasteiger partial charge is 0.497 e. The van der Waals surface area contributed by atoms with Gasteiger partial charge in [-0.05, 0) is 41.0 Å². The van der Waals surface area contributed by atoms with Gasteiger partial charge in [0.2, 0.25) is 11.8 Å². The molecule has 0 saturated carbocycles. The van der Waals surface area contributed by atoms with Gasteiger partial charge in [0.05, 0.1) is 25.8 Å². The molecule has 0 saturated heterocycles. The van der Waals surface area contributed by atoms with Gasteiger partial charge >= 0.3 is 0 Å². The van der Waals surface area contributed by atoms with Crippen LogP contribution < -0.4 is 10.1 Å². The predicted octanol–water partition coefficient (Wildman–Crippen LogP) is 4.72. The highest BCUT2D eigenvalue weighted by atomic mass is 16.5. The molecule has 4 aromatic rings. The van der Waals surface area contributed by atoms with E-state index >= 15 is 0 Å². The lowest BCUT2D eigenvalue weighted by Gasteiger charge is -2.32. The summed E-state index contributed by atoms with van der Waals surface area (Å²) in [6.07, 6.45) is 1.88. The summed E-state index contributed by atoms with van der Waals surface area (Å²) in [5.74, 6) is 0.328. The number of amides is 2. The van der Waals surface area contributed by atoms with Crippen LogP contribution >= 0.6 is 0 Å². The maximum absolute atomic E-state index is 13.7. The lowest BCUT2D eigenvalue weighted by Crippen LogP contribution is -2.44. The molecule has 2 amide bonds. The van der Waals surface area contributed by atoms with Crippen LogP contribution in [0.1, 0.15) is 28.4 Å². The first-order chi connectivity index (χ1) is 17.6. The Morgan fingerprint density at radius 1 is 0.833 bits per heavy atom. The minimum Gasteiger partial charge on any atom is -0.497 e. The Kier molecular flexibility index (Phi) is 8.44. The van der Waals surface area contributed by atoms with Crippen LogP contribution in [-0.2, 0) is 29.1 Å². The van der Waals surface area contributed by atoms with Crippen LogP contribution in [0.4, 0.5) is 0 Å². The van der Waals surface area contributed by atoms with Crippen molar-refractivity contribution in [3.8, 4) is 5.75 Å². The Hall–Kier alpha value is -4.45. The summed E-state index contributed by atoms with van der Waals surface area (Å²) in [7, 11) is 1.61. The van der Waals surface area contributed by atoms with Gasteiger partial charge < -0.3 is 15.0 Å². The van der Waals surface area contributed by atoms with E-state index in [4.69, 9.17) is 4.74 Å². The van der Waals surface area contributed by atoms with Gasteiger partial charge in [-0.25, -0.2) is 0 Å². The summed E-state index contributed by atoms with van der Waals surface area (Å²) < 4.78 is 5.28. The second-order valence-corrected chi connectivity index (χ2v) is 8.38. The number of rotatable bonds is 10. The van der Waals surface area contributed by atoms with Gasteiger partial charge in [-0.3, -0.25) is 14.6 Å². The molecular weight excluding hydrogens is 450 g/mol. The van der Waals surface area contributed by atoms with Crippen molar-refractivity contribution >= 4 is 11.8 Å². The first-order valence-electron chi connectivity index (χ1n) is 11.8. The number of hydrogen-bond acceptors (Lipinski definition) is 4. The molecule has 0 spiro atoms. The highest BCUT2D eigenvalue weighted by Gasteiger charge is 2.31. The van der Waals surface area contributed by atoms with Crippen molar-refractivity contribution in [3.05, 3.63) is 132 Å². The molecule has 1 N–H and O–H groups in total. The van der Waals surface area contributed by atoms with Gasteiger partial charge in [0.25, 0.3) is 0 Å². The molecule has 0 fully saturated rings. The maximum Gasteiger partial charge on any atom is 0.247 e. The molecule has 6 heteroatoms. The number of methoxy groups -OCH3 is 1. The Labute approximate surface area is 211 Å². The van der Waals surface area contributed by atoms with Crippen molar-refractivity contribution in [2.75, 3.05) is 7.11 Å². The first-order valence-corrected chi connectivity index (χ1v) is 11.8. The lowest BCUT2D eigenvalue weighted by molar-refractivity contribution is -0.141. The number of benzene rings is 3. The molecule has 3 aromatic carbocycles. The maximum atomic E-state index is 13.7. The third-order valence-corrected chi connectivity index (χ3v) is 5.88. The van der Waals surface area contributed by atoms with Crippen molar-refractivity contribution in [2.24, 2.45) is 0 Å². The highest BCUT2D eigenvalue weighted by molar-refractivity contribution is 5.89. The van der Waals surface area contributed by atoms with Crippen LogP contribution in [-0.4, -0.2) is 28.8 Å². The fourth-order valence-electron chi connectivity index (χ4n) is 4.01. The van der Waals surface area contributed by atoms with Crippen LogP contribution in [0.25, 0.3) is 0 Å². The minimum absolute atomic E-state index is 0.140. The second kappa shape index (κ2) is 12.3. The van der Waals surface area contributed by atoms with Gasteiger partial charge in [0.1, 0.15) is 11.8 Å². The molecule has 6 nitrogen and oxygen atoms in total. The quantitative estimate of drug-likeness (QED) is 0.357. The summed E-state index contributed by atoms with van der Waals surface area (Å²) in [5.41, 5.74) is 3.28. The fourth-order valence-corrected chi connectivity index (χ4v) is 4.01. The van der Waals surface area contributed by atoms with Crippen molar-refractivity contribution in [3.63, 3.8) is 0 Å². The number of hydrogen-bond donors (Lipinski definition) is 1. The summed E-state index contributed by atoms with van der Waals surface area (Å²) in [6, 6.07) is 31.3.